The molecule has 1 aromatic carbocycles. The fourth-order valence-corrected chi connectivity index (χ4v) is 5.06. The van der Waals surface area contributed by atoms with Crippen molar-refractivity contribution in [3.05, 3.63) is 41.1 Å². The Morgan fingerprint density at radius 1 is 1.19 bits per heavy atom. The van der Waals surface area contributed by atoms with Gasteiger partial charge in [-0.25, -0.2) is 13.5 Å². The number of carbonyl (C=O) groups excluding carboxylic acids is 1. The molecule has 2 aliphatic rings. The van der Waals surface area contributed by atoms with Gasteiger partial charge in [0.1, 0.15) is 17.6 Å². The first-order valence-electron chi connectivity index (χ1n) is 11.4. The summed E-state index contributed by atoms with van der Waals surface area (Å²) in [5, 5.41) is 7.66. The van der Waals surface area contributed by atoms with Gasteiger partial charge in [0.25, 0.3) is 12.3 Å². The summed E-state index contributed by atoms with van der Waals surface area (Å²) in [5.41, 5.74) is 2.89. The van der Waals surface area contributed by atoms with Gasteiger partial charge in [0, 0.05) is 25.2 Å². The lowest BCUT2D eigenvalue weighted by Crippen LogP contribution is -2.50. The number of nitrogens with one attached hydrogen (secondary N) is 1. The lowest BCUT2D eigenvalue weighted by atomic mass is 9.86. The van der Waals surface area contributed by atoms with Crippen LogP contribution in [0.25, 0.3) is 0 Å². The van der Waals surface area contributed by atoms with Crippen molar-refractivity contribution < 1.29 is 18.3 Å². The summed E-state index contributed by atoms with van der Waals surface area (Å²) in [5.74, 6) is 1.37. The Morgan fingerprint density at radius 2 is 1.91 bits per heavy atom. The zero-order chi connectivity index (χ0) is 23.0. The lowest BCUT2D eigenvalue weighted by molar-refractivity contribution is -0.140. The summed E-state index contributed by atoms with van der Waals surface area (Å²) >= 11 is 0. The third kappa shape index (κ3) is 4.74. The minimum atomic E-state index is -2.48. The molecule has 2 aromatic rings. The molecule has 0 radical (unpaired) electrons. The molecule has 4 rings (SSSR count). The van der Waals surface area contributed by atoms with E-state index in [0.717, 1.165) is 29.7 Å². The van der Waals surface area contributed by atoms with Gasteiger partial charge in [-0.05, 0) is 76.1 Å². The summed E-state index contributed by atoms with van der Waals surface area (Å²) in [6, 6.07) is 6.67. The van der Waals surface area contributed by atoms with Crippen molar-refractivity contribution in [2.45, 2.75) is 71.6 Å². The van der Waals surface area contributed by atoms with Gasteiger partial charge in [0.2, 0.25) is 0 Å². The third-order valence-electron chi connectivity index (χ3n) is 6.49. The Balaban J connectivity index is 1.43. The van der Waals surface area contributed by atoms with E-state index in [0.29, 0.717) is 31.1 Å². The van der Waals surface area contributed by atoms with E-state index >= 15 is 0 Å². The molecular weight excluding hydrogens is 414 g/mol. The van der Waals surface area contributed by atoms with Crippen molar-refractivity contribution in [1.29, 1.82) is 0 Å². The lowest BCUT2D eigenvalue weighted by Gasteiger charge is -2.41. The van der Waals surface area contributed by atoms with E-state index in [1.807, 2.05) is 43.9 Å². The molecule has 0 saturated carbocycles. The van der Waals surface area contributed by atoms with E-state index < -0.39 is 18.6 Å². The molecule has 0 aliphatic carbocycles. The molecule has 1 aromatic heterocycles. The van der Waals surface area contributed by atoms with Crippen molar-refractivity contribution in [3.8, 4) is 5.75 Å². The fraction of sp³-hybridized carbons (Fsp3) is 0.583. The molecule has 2 unspecified atom stereocenters. The zero-order valence-corrected chi connectivity index (χ0v) is 19.1. The van der Waals surface area contributed by atoms with Crippen molar-refractivity contribution >= 4 is 11.7 Å². The van der Waals surface area contributed by atoms with Gasteiger partial charge in [0.05, 0.1) is 5.69 Å². The van der Waals surface area contributed by atoms with Crippen LogP contribution in [0.15, 0.2) is 24.3 Å². The number of fused-ring (bicyclic) bond motifs is 1. The van der Waals surface area contributed by atoms with Crippen LogP contribution in [0.4, 0.5) is 14.6 Å². The summed E-state index contributed by atoms with van der Waals surface area (Å²) < 4.78 is 34.9. The molecule has 32 heavy (non-hydrogen) atoms. The third-order valence-corrected chi connectivity index (χ3v) is 6.49. The number of aryl methyl sites for hydroxylation is 3. The Labute approximate surface area is 187 Å². The van der Waals surface area contributed by atoms with Crippen molar-refractivity contribution in [1.82, 2.24) is 14.7 Å². The van der Waals surface area contributed by atoms with Gasteiger partial charge >= 0.3 is 0 Å². The van der Waals surface area contributed by atoms with Crippen LogP contribution in [0.3, 0.4) is 0 Å². The largest absolute Gasteiger partial charge is 0.481 e. The average molecular weight is 447 g/mol. The molecule has 174 valence electrons. The second kappa shape index (κ2) is 9.08. The molecule has 6 nitrogen and oxygen atoms in total. The number of carbonyl (C=O) groups is 1. The highest BCUT2D eigenvalue weighted by Gasteiger charge is 2.39. The van der Waals surface area contributed by atoms with E-state index in [-0.39, 0.29) is 17.9 Å². The molecule has 1 amide bonds. The first kappa shape index (κ1) is 22.6. The van der Waals surface area contributed by atoms with Crippen LogP contribution in [0, 0.1) is 26.7 Å². The highest BCUT2D eigenvalue weighted by atomic mass is 19.3. The minimum absolute atomic E-state index is 0.0593. The van der Waals surface area contributed by atoms with Crippen LogP contribution in [0.1, 0.15) is 49.0 Å². The number of hydrogen-bond acceptors (Lipinski definition) is 4. The molecule has 1 N–H and O–H groups in total. The number of amides is 1. The van der Waals surface area contributed by atoms with Crippen molar-refractivity contribution in [2.24, 2.45) is 5.92 Å². The number of likely N-dealkylation sites (tertiary alicyclic amines) is 1. The molecule has 2 aliphatic heterocycles. The Morgan fingerprint density at radius 3 is 2.59 bits per heavy atom. The molecule has 4 atom stereocenters. The second-order valence-corrected chi connectivity index (χ2v) is 9.27. The molecule has 0 spiro atoms. The van der Waals surface area contributed by atoms with E-state index in [4.69, 9.17) is 4.74 Å². The Kier molecular flexibility index (Phi) is 6.40. The van der Waals surface area contributed by atoms with E-state index in [9.17, 15) is 13.6 Å². The SMILES string of the molecule is Cc1cc(C)cc(OC(C)C(=O)N2CCCC([C@@H]3C[C@H](C(F)F)n4nc(C)cc4N3)C2)c1. The van der Waals surface area contributed by atoms with Crippen LogP contribution in [-0.4, -0.2) is 52.2 Å². The topological polar surface area (TPSA) is 59.4 Å². The van der Waals surface area contributed by atoms with E-state index in [1.165, 1.54) is 4.68 Å². The normalized spacial score (nSPS) is 24.1. The summed E-state index contributed by atoms with van der Waals surface area (Å²) in [6.45, 7) is 8.79. The molecule has 3 heterocycles. The molecule has 0 bridgehead atoms. The quantitative estimate of drug-likeness (QED) is 0.735. The summed E-state index contributed by atoms with van der Waals surface area (Å²) in [4.78, 5) is 15.0. The predicted octanol–water partition coefficient (Wildman–Crippen LogP) is 4.50. The van der Waals surface area contributed by atoms with Crippen LogP contribution in [-0.2, 0) is 4.79 Å². The number of benzene rings is 1. The standard InChI is InChI=1S/C24H32F2N4O2/c1-14-8-15(2)10-19(9-14)32-17(4)24(31)29-7-5-6-18(13-29)20-12-21(23(25)26)30-22(27-20)11-16(3)28-30/h8-11,17-18,20-21,23,27H,5-7,12-13H2,1-4H3/t17?,18?,20-,21+/m0/s1. The van der Waals surface area contributed by atoms with Gasteiger partial charge in [-0.2, -0.15) is 5.10 Å². The van der Waals surface area contributed by atoms with E-state index in [1.54, 1.807) is 6.92 Å². The fourth-order valence-electron chi connectivity index (χ4n) is 5.06. The number of nitrogens with zero attached hydrogens (tertiary/aromatic N) is 3. The number of hydrogen-bond donors (Lipinski definition) is 1. The van der Waals surface area contributed by atoms with Crippen LogP contribution in [0.5, 0.6) is 5.75 Å². The Hall–Kier alpha value is -2.64. The Bertz CT molecular complexity index is 957. The van der Waals surface area contributed by atoms with Crippen molar-refractivity contribution in [3.63, 3.8) is 0 Å². The highest BCUT2D eigenvalue weighted by Crippen LogP contribution is 2.36. The predicted molar refractivity (Wildman–Crippen MR) is 119 cm³/mol. The smallest absolute Gasteiger partial charge is 0.263 e. The zero-order valence-electron chi connectivity index (χ0n) is 19.1. The van der Waals surface area contributed by atoms with Gasteiger partial charge in [-0.1, -0.05) is 6.07 Å². The minimum Gasteiger partial charge on any atom is -0.481 e. The van der Waals surface area contributed by atoms with Gasteiger partial charge < -0.3 is 15.0 Å². The van der Waals surface area contributed by atoms with Gasteiger partial charge in [-0.3, -0.25) is 4.79 Å². The summed E-state index contributed by atoms with van der Waals surface area (Å²) in [6.07, 6.45) is -1.04. The molecule has 1 saturated heterocycles. The molecular formula is C24H32F2N4O2. The molecule has 8 heteroatoms. The summed E-state index contributed by atoms with van der Waals surface area (Å²) in [7, 11) is 0. The number of alkyl halides is 2. The number of halogens is 2. The molecule has 1 fully saturated rings. The average Bonchev–Trinajstić information content (AvgIpc) is 3.11. The number of ether oxygens (including phenoxy) is 1. The maximum atomic E-state index is 13.8. The number of aromatic nitrogens is 2. The van der Waals surface area contributed by atoms with Gasteiger partial charge in [0.15, 0.2) is 6.10 Å². The van der Waals surface area contributed by atoms with E-state index in [2.05, 4.69) is 16.5 Å². The first-order chi connectivity index (χ1) is 15.2. The number of rotatable bonds is 5. The number of anilines is 1. The maximum Gasteiger partial charge on any atom is 0.263 e. The van der Waals surface area contributed by atoms with Crippen molar-refractivity contribution in [2.75, 3.05) is 18.4 Å². The second-order valence-electron chi connectivity index (χ2n) is 9.27. The highest BCUT2D eigenvalue weighted by molar-refractivity contribution is 5.81. The van der Waals surface area contributed by atoms with Crippen LogP contribution < -0.4 is 10.1 Å². The first-order valence-corrected chi connectivity index (χ1v) is 11.4. The maximum absolute atomic E-state index is 13.8. The monoisotopic (exact) mass is 446 g/mol. The van der Waals surface area contributed by atoms with Crippen LogP contribution in [0.2, 0.25) is 0 Å². The van der Waals surface area contributed by atoms with Crippen LogP contribution >= 0.6 is 0 Å². The number of piperidine rings is 1. The van der Waals surface area contributed by atoms with Gasteiger partial charge in [-0.15, -0.1) is 0 Å².